The van der Waals surface area contributed by atoms with Crippen LogP contribution in [0.2, 0.25) is 0 Å². The molecule has 0 saturated carbocycles. The summed E-state index contributed by atoms with van der Waals surface area (Å²) in [5, 5.41) is 0. The predicted octanol–water partition coefficient (Wildman–Crippen LogP) is 8.58. The Morgan fingerprint density at radius 1 is 1.12 bits per heavy atom. The van der Waals surface area contributed by atoms with E-state index in [0.717, 1.165) is 18.7 Å². The van der Waals surface area contributed by atoms with Gasteiger partial charge in [0.1, 0.15) is 5.82 Å². The first kappa shape index (κ1) is 24.3. The second-order valence-corrected chi connectivity index (χ2v) is 9.77. The maximum Gasteiger partial charge on any atom is 0.140 e. The third kappa shape index (κ3) is 5.52. The summed E-state index contributed by atoms with van der Waals surface area (Å²) in [4.78, 5) is 4.85. The SMILES string of the molecule is CCC=CC(C)(C(C)C)C1CC=CC=C1c1nccn1-c1ccc(CCCCCC)cc1. The fourth-order valence-electron chi connectivity index (χ4n) is 4.84. The highest BCUT2D eigenvalue weighted by Gasteiger charge is 2.38. The molecule has 0 N–H and O–H groups in total. The van der Waals surface area contributed by atoms with Gasteiger partial charge in [-0.2, -0.15) is 0 Å². The second-order valence-electron chi connectivity index (χ2n) is 9.77. The van der Waals surface area contributed by atoms with E-state index in [1.165, 1.54) is 48.9 Å². The van der Waals surface area contributed by atoms with Crippen molar-refractivity contribution in [3.63, 3.8) is 0 Å². The lowest BCUT2D eigenvalue weighted by atomic mass is 9.64. The van der Waals surface area contributed by atoms with Crippen LogP contribution in [0.5, 0.6) is 0 Å². The number of allylic oxidation sites excluding steroid dienone is 6. The van der Waals surface area contributed by atoms with Crippen LogP contribution in [-0.4, -0.2) is 9.55 Å². The van der Waals surface area contributed by atoms with Crippen LogP contribution in [0.1, 0.15) is 84.5 Å². The van der Waals surface area contributed by atoms with E-state index in [1.54, 1.807) is 0 Å². The van der Waals surface area contributed by atoms with E-state index in [1.807, 2.05) is 6.20 Å². The average Bonchev–Trinajstić information content (AvgIpc) is 3.30. The molecular formula is C30H42N2. The molecule has 1 aromatic heterocycles. The number of hydrogen-bond acceptors (Lipinski definition) is 1. The number of imidazole rings is 1. The van der Waals surface area contributed by atoms with Crippen molar-refractivity contribution in [1.29, 1.82) is 0 Å². The van der Waals surface area contributed by atoms with Crippen LogP contribution in [0.4, 0.5) is 0 Å². The van der Waals surface area contributed by atoms with E-state index in [-0.39, 0.29) is 5.41 Å². The molecule has 2 unspecified atom stereocenters. The minimum Gasteiger partial charge on any atom is -0.300 e. The Bertz CT molecular complexity index is 926. The standard InChI is InChI=1S/C30H42N2/c1-6-8-10-11-14-25-17-19-26(20-18-25)32-23-22-31-29(32)27-15-12-13-16-28(27)30(5,24(3)4)21-9-7-2/h9,12-13,15,17-24,28H,6-8,10-11,14,16H2,1-5H3. The first-order valence-corrected chi connectivity index (χ1v) is 12.7. The monoisotopic (exact) mass is 430 g/mol. The molecule has 1 aromatic carbocycles. The minimum atomic E-state index is 0.0890. The maximum atomic E-state index is 4.85. The molecule has 1 aliphatic carbocycles. The summed E-state index contributed by atoms with van der Waals surface area (Å²) in [6, 6.07) is 9.10. The van der Waals surface area contributed by atoms with Crippen LogP contribution in [0.25, 0.3) is 11.3 Å². The lowest BCUT2D eigenvalue weighted by Gasteiger charge is -2.41. The largest absolute Gasteiger partial charge is 0.300 e. The summed E-state index contributed by atoms with van der Waals surface area (Å²) in [5.41, 5.74) is 4.06. The van der Waals surface area contributed by atoms with Crippen LogP contribution >= 0.6 is 0 Å². The molecule has 0 saturated heterocycles. The number of hydrogen-bond donors (Lipinski definition) is 0. The van der Waals surface area contributed by atoms with E-state index in [2.05, 4.69) is 100 Å². The van der Waals surface area contributed by atoms with Crippen LogP contribution in [0, 0.1) is 17.3 Å². The van der Waals surface area contributed by atoms with Gasteiger partial charge in [0.2, 0.25) is 0 Å². The van der Waals surface area contributed by atoms with Gasteiger partial charge in [0, 0.05) is 24.0 Å². The quantitative estimate of drug-likeness (QED) is 0.258. The predicted molar refractivity (Wildman–Crippen MR) is 139 cm³/mol. The van der Waals surface area contributed by atoms with Crippen molar-refractivity contribution < 1.29 is 0 Å². The Morgan fingerprint density at radius 2 is 1.91 bits per heavy atom. The van der Waals surface area contributed by atoms with Gasteiger partial charge in [-0.1, -0.05) is 96.4 Å². The molecule has 2 heteroatoms. The highest BCUT2D eigenvalue weighted by molar-refractivity contribution is 5.68. The van der Waals surface area contributed by atoms with Gasteiger partial charge in [-0.05, 0) is 60.3 Å². The summed E-state index contributed by atoms with van der Waals surface area (Å²) >= 11 is 0. The van der Waals surface area contributed by atoms with Crippen molar-refractivity contribution >= 4 is 5.57 Å². The summed E-state index contributed by atoms with van der Waals surface area (Å²) in [7, 11) is 0. The van der Waals surface area contributed by atoms with Gasteiger partial charge in [-0.15, -0.1) is 0 Å². The van der Waals surface area contributed by atoms with Crippen molar-refractivity contribution in [3.8, 4) is 5.69 Å². The topological polar surface area (TPSA) is 17.8 Å². The minimum absolute atomic E-state index is 0.0890. The van der Waals surface area contributed by atoms with E-state index in [9.17, 15) is 0 Å². The fraction of sp³-hybridized carbons (Fsp3) is 0.500. The van der Waals surface area contributed by atoms with Gasteiger partial charge in [0.25, 0.3) is 0 Å². The summed E-state index contributed by atoms with van der Waals surface area (Å²) < 4.78 is 2.27. The molecule has 172 valence electrons. The first-order chi connectivity index (χ1) is 15.5. The van der Waals surface area contributed by atoms with Gasteiger partial charge >= 0.3 is 0 Å². The molecule has 32 heavy (non-hydrogen) atoms. The second kappa shape index (κ2) is 11.5. The molecule has 1 aliphatic rings. The first-order valence-electron chi connectivity index (χ1n) is 12.7. The molecule has 3 rings (SSSR count). The lowest BCUT2D eigenvalue weighted by molar-refractivity contribution is 0.221. The zero-order chi connectivity index (χ0) is 23.0. The third-order valence-electron chi connectivity index (χ3n) is 7.30. The Hall–Kier alpha value is -2.35. The Labute approximate surface area is 196 Å². The normalized spacial score (nSPS) is 18.3. The zero-order valence-electron chi connectivity index (χ0n) is 20.8. The molecule has 2 atom stereocenters. The molecule has 0 amide bonds. The molecular weight excluding hydrogens is 388 g/mol. The number of benzene rings is 1. The smallest absolute Gasteiger partial charge is 0.140 e. The molecule has 0 spiro atoms. The summed E-state index contributed by atoms with van der Waals surface area (Å²) in [5.74, 6) is 2.03. The Balaban J connectivity index is 1.88. The van der Waals surface area contributed by atoms with Gasteiger partial charge in [0.05, 0.1) is 0 Å². The van der Waals surface area contributed by atoms with Gasteiger partial charge in [0.15, 0.2) is 0 Å². The summed E-state index contributed by atoms with van der Waals surface area (Å²) in [6.45, 7) is 11.6. The van der Waals surface area contributed by atoms with Crippen molar-refractivity contribution in [2.75, 3.05) is 0 Å². The molecule has 2 aromatic rings. The Morgan fingerprint density at radius 3 is 2.59 bits per heavy atom. The number of rotatable bonds is 11. The highest BCUT2D eigenvalue weighted by Crippen LogP contribution is 2.47. The van der Waals surface area contributed by atoms with Crippen molar-refractivity contribution in [1.82, 2.24) is 9.55 Å². The number of nitrogens with zero attached hydrogens (tertiary/aromatic N) is 2. The van der Waals surface area contributed by atoms with Gasteiger partial charge < -0.3 is 4.57 Å². The summed E-state index contributed by atoms with van der Waals surface area (Å²) in [6.07, 6.45) is 24.2. The molecule has 1 heterocycles. The zero-order valence-corrected chi connectivity index (χ0v) is 20.8. The molecule has 0 fully saturated rings. The number of aryl methyl sites for hydroxylation is 1. The molecule has 0 bridgehead atoms. The average molecular weight is 431 g/mol. The van der Waals surface area contributed by atoms with Crippen molar-refractivity contribution in [3.05, 3.63) is 78.4 Å². The highest BCUT2D eigenvalue weighted by atomic mass is 15.1. The maximum absolute atomic E-state index is 4.85. The van der Waals surface area contributed by atoms with Gasteiger partial charge in [-0.25, -0.2) is 4.98 Å². The van der Waals surface area contributed by atoms with E-state index in [0.29, 0.717) is 11.8 Å². The van der Waals surface area contributed by atoms with Crippen LogP contribution < -0.4 is 0 Å². The molecule has 0 radical (unpaired) electrons. The van der Waals surface area contributed by atoms with E-state index < -0.39 is 0 Å². The molecule has 0 aliphatic heterocycles. The van der Waals surface area contributed by atoms with E-state index >= 15 is 0 Å². The molecule has 2 nitrogen and oxygen atoms in total. The van der Waals surface area contributed by atoms with Gasteiger partial charge in [-0.3, -0.25) is 0 Å². The van der Waals surface area contributed by atoms with Crippen LogP contribution in [0.15, 0.2) is 67.0 Å². The van der Waals surface area contributed by atoms with Crippen LogP contribution in [-0.2, 0) is 6.42 Å². The van der Waals surface area contributed by atoms with Crippen molar-refractivity contribution in [2.24, 2.45) is 17.3 Å². The fourth-order valence-corrected chi connectivity index (χ4v) is 4.84. The van der Waals surface area contributed by atoms with Crippen molar-refractivity contribution in [2.45, 2.75) is 79.6 Å². The lowest BCUT2D eigenvalue weighted by Crippen LogP contribution is -2.33. The van der Waals surface area contributed by atoms with Crippen LogP contribution in [0.3, 0.4) is 0 Å². The Kier molecular flexibility index (Phi) is 8.73. The third-order valence-corrected chi connectivity index (χ3v) is 7.30. The number of unbranched alkanes of at least 4 members (excludes halogenated alkanes) is 3. The van der Waals surface area contributed by atoms with E-state index in [4.69, 9.17) is 4.98 Å². The number of aromatic nitrogens is 2.